The molecule has 1 saturated heterocycles. The highest BCUT2D eigenvalue weighted by molar-refractivity contribution is 4.74. The van der Waals surface area contributed by atoms with Gasteiger partial charge in [-0.2, -0.15) is 0 Å². The van der Waals surface area contributed by atoms with Gasteiger partial charge in [0.05, 0.1) is 12.7 Å². The van der Waals surface area contributed by atoms with Gasteiger partial charge in [-0.3, -0.25) is 4.90 Å². The van der Waals surface area contributed by atoms with Gasteiger partial charge in [-0.15, -0.1) is 0 Å². The van der Waals surface area contributed by atoms with E-state index in [-0.39, 0.29) is 0 Å². The van der Waals surface area contributed by atoms with Crippen molar-refractivity contribution in [2.75, 3.05) is 32.8 Å². The maximum Gasteiger partial charge on any atom is 0.0826 e. The molecule has 1 fully saturated rings. The van der Waals surface area contributed by atoms with Crippen molar-refractivity contribution in [2.45, 2.75) is 58.6 Å². The lowest BCUT2D eigenvalue weighted by atomic mass is 10.1. The second-order valence-electron chi connectivity index (χ2n) is 5.19. The summed E-state index contributed by atoms with van der Waals surface area (Å²) in [6.07, 6.45) is 5.69. The fourth-order valence-corrected chi connectivity index (χ4v) is 2.33. The highest BCUT2D eigenvalue weighted by Gasteiger charge is 2.19. The van der Waals surface area contributed by atoms with Crippen LogP contribution in [-0.4, -0.2) is 49.8 Å². The molecule has 0 aliphatic carbocycles. The molecule has 0 saturated carbocycles. The van der Waals surface area contributed by atoms with E-state index in [1.54, 1.807) is 0 Å². The predicted molar refractivity (Wildman–Crippen MR) is 73.5 cm³/mol. The van der Waals surface area contributed by atoms with Crippen molar-refractivity contribution in [2.24, 2.45) is 0 Å². The summed E-state index contributed by atoms with van der Waals surface area (Å²) in [5.41, 5.74) is 0. The zero-order valence-electron chi connectivity index (χ0n) is 11.9. The molecule has 2 atom stereocenters. The SMILES string of the molecule is CCCCCC(C)NCC1CN(CC)CCO1. The zero-order valence-corrected chi connectivity index (χ0v) is 11.9. The van der Waals surface area contributed by atoms with Gasteiger partial charge < -0.3 is 10.1 Å². The molecule has 0 bridgehead atoms. The van der Waals surface area contributed by atoms with Gasteiger partial charge in [-0.1, -0.05) is 33.1 Å². The first kappa shape index (κ1) is 14.9. The van der Waals surface area contributed by atoms with Gasteiger partial charge in [-0.25, -0.2) is 0 Å². The van der Waals surface area contributed by atoms with E-state index in [1.165, 1.54) is 25.7 Å². The van der Waals surface area contributed by atoms with E-state index in [0.717, 1.165) is 32.8 Å². The van der Waals surface area contributed by atoms with Gasteiger partial charge in [0.25, 0.3) is 0 Å². The van der Waals surface area contributed by atoms with E-state index >= 15 is 0 Å². The molecule has 3 nitrogen and oxygen atoms in total. The maximum atomic E-state index is 5.78. The summed E-state index contributed by atoms with van der Waals surface area (Å²) in [5.74, 6) is 0. The van der Waals surface area contributed by atoms with E-state index in [0.29, 0.717) is 12.1 Å². The topological polar surface area (TPSA) is 24.5 Å². The Hall–Kier alpha value is -0.120. The Balaban J connectivity index is 2.08. The molecule has 0 aromatic carbocycles. The van der Waals surface area contributed by atoms with Crippen molar-refractivity contribution >= 4 is 0 Å². The number of morpholine rings is 1. The van der Waals surface area contributed by atoms with Gasteiger partial charge in [0.2, 0.25) is 0 Å². The summed E-state index contributed by atoms with van der Waals surface area (Å²) in [7, 11) is 0. The smallest absolute Gasteiger partial charge is 0.0826 e. The lowest BCUT2D eigenvalue weighted by molar-refractivity contribution is -0.0262. The van der Waals surface area contributed by atoms with Gasteiger partial charge in [-0.05, 0) is 19.9 Å². The standard InChI is InChI=1S/C14H30N2O/c1-4-6-7-8-13(3)15-11-14-12-16(5-2)9-10-17-14/h13-15H,4-12H2,1-3H3. The molecule has 1 N–H and O–H groups in total. The van der Waals surface area contributed by atoms with Crippen LogP contribution in [0.25, 0.3) is 0 Å². The molecular weight excluding hydrogens is 212 g/mol. The molecule has 2 unspecified atom stereocenters. The van der Waals surface area contributed by atoms with Gasteiger partial charge in [0.15, 0.2) is 0 Å². The van der Waals surface area contributed by atoms with E-state index in [9.17, 15) is 0 Å². The minimum Gasteiger partial charge on any atom is -0.374 e. The van der Waals surface area contributed by atoms with E-state index in [1.807, 2.05) is 0 Å². The Morgan fingerprint density at radius 1 is 1.35 bits per heavy atom. The molecule has 0 amide bonds. The molecule has 1 aliphatic rings. The Kier molecular flexibility index (Phi) is 7.82. The van der Waals surface area contributed by atoms with E-state index in [2.05, 4.69) is 31.0 Å². The summed E-state index contributed by atoms with van der Waals surface area (Å²) in [6, 6.07) is 0.627. The maximum absolute atomic E-state index is 5.78. The summed E-state index contributed by atoms with van der Waals surface area (Å²) < 4.78 is 5.78. The normalized spacial score (nSPS) is 23.8. The number of ether oxygens (including phenoxy) is 1. The van der Waals surface area contributed by atoms with E-state index < -0.39 is 0 Å². The summed E-state index contributed by atoms with van der Waals surface area (Å²) in [5, 5.41) is 3.60. The average Bonchev–Trinajstić information content (AvgIpc) is 2.37. The number of hydrogen-bond acceptors (Lipinski definition) is 3. The molecule has 0 radical (unpaired) electrons. The number of nitrogens with one attached hydrogen (secondary N) is 1. The average molecular weight is 242 g/mol. The minimum atomic E-state index is 0.386. The van der Waals surface area contributed by atoms with Crippen LogP contribution in [-0.2, 0) is 4.74 Å². The molecule has 102 valence electrons. The first-order valence-corrected chi connectivity index (χ1v) is 7.33. The molecule has 0 aromatic rings. The minimum absolute atomic E-state index is 0.386. The van der Waals surface area contributed by atoms with Crippen LogP contribution in [0.2, 0.25) is 0 Å². The van der Waals surface area contributed by atoms with Crippen molar-refractivity contribution in [3.8, 4) is 0 Å². The van der Waals surface area contributed by atoms with Crippen LogP contribution < -0.4 is 5.32 Å². The molecule has 1 aliphatic heterocycles. The molecule has 17 heavy (non-hydrogen) atoms. The molecular formula is C14H30N2O. The molecule has 1 heterocycles. The van der Waals surface area contributed by atoms with Crippen molar-refractivity contribution in [1.29, 1.82) is 0 Å². The first-order valence-electron chi connectivity index (χ1n) is 7.33. The Labute approximate surface area is 107 Å². The summed E-state index contributed by atoms with van der Waals surface area (Å²) in [4.78, 5) is 2.47. The van der Waals surface area contributed by atoms with E-state index in [4.69, 9.17) is 4.74 Å². The second kappa shape index (κ2) is 8.90. The van der Waals surface area contributed by atoms with Crippen LogP contribution in [0.5, 0.6) is 0 Å². The quantitative estimate of drug-likeness (QED) is 0.661. The monoisotopic (exact) mass is 242 g/mol. The van der Waals surface area contributed by atoms with Crippen LogP contribution in [0.4, 0.5) is 0 Å². The van der Waals surface area contributed by atoms with Crippen LogP contribution >= 0.6 is 0 Å². The molecule has 1 rings (SSSR count). The van der Waals surface area contributed by atoms with Gasteiger partial charge in [0, 0.05) is 25.7 Å². The molecule has 0 spiro atoms. The molecule has 3 heteroatoms. The third-order valence-electron chi connectivity index (χ3n) is 3.60. The number of likely N-dealkylation sites (N-methyl/N-ethyl adjacent to an activating group) is 1. The number of rotatable bonds is 8. The predicted octanol–water partition coefficient (Wildman–Crippen LogP) is 2.27. The molecule has 0 aromatic heterocycles. The second-order valence-corrected chi connectivity index (χ2v) is 5.19. The first-order chi connectivity index (χ1) is 8.26. The highest BCUT2D eigenvalue weighted by Crippen LogP contribution is 2.06. The van der Waals surface area contributed by atoms with Crippen molar-refractivity contribution in [1.82, 2.24) is 10.2 Å². The van der Waals surface area contributed by atoms with Gasteiger partial charge in [0.1, 0.15) is 0 Å². The Morgan fingerprint density at radius 3 is 2.88 bits per heavy atom. The number of nitrogens with zero attached hydrogens (tertiary/aromatic N) is 1. The fourth-order valence-electron chi connectivity index (χ4n) is 2.33. The Morgan fingerprint density at radius 2 is 2.18 bits per heavy atom. The van der Waals surface area contributed by atoms with Crippen LogP contribution in [0.3, 0.4) is 0 Å². The number of unbranched alkanes of at least 4 members (excludes halogenated alkanes) is 2. The lowest BCUT2D eigenvalue weighted by Crippen LogP contribution is -2.47. The van der Waals surface area contributed by atoms with Crippen molar-refractivity contribution in [3.63, 3.8) is 0 Å². The number of hydrogen-bond donors (Lipinski definition) is 1. The van der Waals surface area contributed by atoms with Crippen molar-refractivity contribution in [3.05, 3.63) is 0 Å². The van der Waals surface area contributed by atoms with Crippen LogP contribution in [0.1, 0.15) is 46.5 Å². The summed E-state index contributed by atoms with van der Waals surface area (Å²) >= 11 is 0. The Bertz CT molecular complexity index is 187. The van der Waals surface area contributed by atoms with Crippen molar-refractivity contribution < 1.29 is 4.74 Å². The lowest BCUT2D eigenvalue weighted by Gasteiger charge is -2.32. The zero-order chi connectivity index (χ0) is 12.5. The summed E-state index contributed by atoms with van der Waals surface area (Å²) in [6.45, 7) is 12.0. The van der Waals surface area contributed by atoms with Gasteiger partial charge >= 0.3 is 0 Å². The highest BCUT2D eigenvalue weighted by atomic mass is 16.5. The third-order valence-corrected chi connectivity index (χ3v) is 3.60. The largest absolute Gasteiger partial charge is 0.374 e. The fraction of sp³-hybridized carbons (Fsp3) is 1.00. The van der Waals surface area contributed by atoms with Crippen LogP contribution in [0, 0.1) is 0 Å². The third kappa shape index (κ3) is 6.39. The van der Waals surface area contributed by atoms with Crippen LogP contribution in [0.15, 0.2) is 0 Å².